The quantitative estimate of drug-likeness (QED) is 0.578. The molecule has 1 saturated heterocycles. The summed E-state index contributed by atoms with van der Waals surface area (Å²) in [5.41, 5.74) is 2.73. The molecule has 29 heavy (non-hydrogen) atoms. The lowest BCUT2D eigenvalue weighted by molar-refractivity contribution is 0.181. The van der Waals surface area contributed by atoms with Gasteiger partial charge >= 0.3 is 0 Å². The van der Waals surface area contributed by atoms with Crippen LogP contribution in [-0.2, 0) is 17.9 Å². The van der Waals surface area contributed by atoms with Crippen LogP contribution in [0.3, 0.4) is 0 Å². The summed E-state index contributed by atoms with van der Waals surface area (Å²) in [5.74, 6) is 1.56. The summed E-state index contributed by atoms with van der Waals surface area (Å²) in [6.07, 6.45) is 3.95. The average molecular weight is 400 g/mol. The van der Waals surface area contributed by atoms with E-state index in [4.69, 9.17) is 4.74 Å². The molecule has 0 spiro atoms. The van der Waals surface area contributed by atoms with Gasteiger partial charge in [0.15, 0.2) is 5.96 Å². The van der Waals surface area contributed by atoms with Gasteiger partial charge in [-0.1, -0.05) is 12.1 Å². The maximum Gasteiger partial charge on any atom is 0.191 e. The molecule has 2 N–H and O–H groups in total. The molecule has 0 unspecified atom stereocenters. The molecule has 0 amide bonds. The first-order valence-electron chi connectivity index (χ1n) is 10.00. The van der Waals surface area contributed by atoms with Crippen molar-refractivity contribution in [2.24, 2.45) is 4.99 Å². The monoisotopic (exact) mass is 399 g/mol. The van der Waals surface area contributed by atoms with E-state index in [0.29, 0.717) is 18.2 Å². The SMILES string of the molecule is CN=C(NCc1ccc(F)c(COC)c1)NC1CCN(c2ccc(C)cn2)CC1. The van der Waals surface area contributed by atoms with Crippen molar-refractivity contribution in [3.63, 3.8) is 0 Å². The Morgan fingerprint density at radius 1 is 1.28 bits per heavy atom. The molecule has 156 valence electrons. The first-order valence-corrected chi connectivity index (χ1v) is 10.00. The van der Waals surface area contributed by atoms with Crippen molar-refractivity contribution in [2.45, 2.75) is 39.0 Å². The van der Waals surface area contributed by atoms with Crippen LogP contribution in [0.2, 0.25) is 0 Å². The van der Waals surface area contributed by atoms with E-state index in [1.54, 1.807) is 20.2 Å². The summed E-state index contributed by atoms with van der Waals surface area (Å²) in [6.45, 7) is 4.81. The Morgan fingerprint density at radius 3 is 2.72 bits per heavy atom. The molecule has 0 saturated carbocycles. The summed E-state index contributed by atoms with van der Waals surface area (Å²) < 4.78 is 18.8. The van der Waals surface area contributed by atoms with Crippen molar-refractivity contribution in [2.75, 3.05) is 32.1 Å². The van der Waals surface area contributed by atoms with E-state index in [1.165, 1.54) is 11.6 Å². The smallest absolute Gasteiger partial charge is 0.191 e. The van der Waals surface area contributed by atoms with E-state index in [-0.39, 0.29) is 12.4 Å². The van der Waals surface area contributed by atoms with Gasteiger partial charge in [0, 0.05) is 51.6 Å². The number of ether oxygens (including phenoxy) is 1. The first kappa shape index (κ1) is 21.0. The number of guanidine groups is 1. The van der Waals surface area contributed by atoms with Crippen molar-refractivity contribution in [3.8, 4) is 0 Å². The topological polar surface area (TPSA) is 61.8 Å². The highest BCUT2D eigenvalue weighted by Crippen LogP contribution is 2.18. The minimum absolute atomic E-state index is 0.243. The second-order valence-corrected chi connectivity index (χ2v) is 7.38. The third kappa shape index (κ3) is 5.90. The Hall–Kier alpha value is -2.67. The fraction of sp³-hybridized carbons (Fsp3) is 0.455. The molecule has 2 aromatic rings. The number of aryl methyl sites for hydroxylation is 1. The van der Waals surface area contributed by atoms with Crippen LogP contribution in [0.25, 0.3) is 0 Å². The van der Waals surface area contributed by atoms with Gasteiger partial charge in [-0.05, 0) is 49.1 Å². The van der Waals surface area contributed by atoms with Crippen molar-refractivity contribution in [3.05, 3.63) is 59.0 Å². The number of piperidine rings is 1. The Balaban J connectivity index is 1.48. The maximum absolute atomic E-state index is 13.8. The number of anilines is 1. The van der Waals surface area contributed by atoms with Gasteiger partial charge in [-0.3, -0.25) is 4.99 Å². The predicted molar refractivity (Wildman–Crippen MR) is 115 cm³/mol. The number of aliphatic imine (C=N–C) groups is 1. The zero-order chi connectivity index (χ0) is 20.6. The van der Waals surface area contributed by atoms with E-state index in [1.807, 2.05) is 12.3 Å². The van der Waals surface area contributed by atoms with E-state index in [0.717, 1.165) is 43.3 Å². The maximum atomic E-state index is 13.8. The molecule has 2 heterocycles. The first-order chi connectivity index (χ1) is 14.1. The molecule has 1 aromatic heterocycles. The van der Waals surface area contributed by atoms with Crippen LogP contribution in [0.1, 0.15) is 29.5 Å². The van der Waals surface area contributed by atoms with Crippen LogP contribution in [0.4, 0.5) is 10.2 Å². The Morgan fingerprint density at radius 2 is 2.07 bits per heavy atom. The molecule has 0 radical (unpaired) electrons. The second kappa shape index (κ2) is 10.2. The predicted octanol–water partition coefficient (Wildman–Crippen LogP) is 3.01. The van der Waals surface area contributed by atoms with Gasteiger partial charge < -0.3 is 20.3 Å². The number of methoxy groups -OCH3 is 1. The molecule has 1 aromatic carbocycles. The number of nitrogens with one attached hydrogen (secondary N) is 2. The fourth-order valence-electron chi connectivity index (χ4n) is 3.48. The molecule has 1 aliphatic rings. The molecule has 6 nitrogen and oxygen atoms in total. The summed E-state index contributed by atoms with van der Waals surface area (Å²) in [7, 11) is 3.33. The fourth-order valence-corrected chi connectivity index (χ4v) is 3.48. The minimum Gasteiger partial charge on any atom is -0.380 e. The van der Waals surface area contributed by atoms with Crippen LogP contribution >= 0.6 is 0 Å². The van der Waals surface area contributed by atoms with E-state index >= 15 is 0 Å². The van der Waals surface area contributed by atoms with Gasteiger partial charge in [0.05, 0.1) is 6.61 Å². The molecule has 3 rings (SSSR count). The van der Waals surface area contributed by atoms with Crippen LogP contribution in [0, 0.1) is 12.7 Å². The number of nitrogens with zero attached hydrogens (tertiary/aromatic N) is 3. The van der Waals surface area contributed by atoms with Gasteiger partial charge in [-0.15, -0.1) is 0 Å². The lowest BCUT2D eigenvalue weighted by atomic mass is 10.1. The lowest BCUT2D eigenvalue weighted by Crippen LogP contribution is -2.48. The lowest BCUT2D eigenvalue weighted by Gasteiger charge is -2.33. The van der Waals surface area contributed by atoms with E-state index in [2.05, 4.69) is 44.6 Å². The molecule has 7 heteroatoms. The van der Waals surface area contributed by atoms with Gasteiger partial charge in [0.1, 0.15) is 11.6 Å². The van der Waals surface area contributed by atoms with Crippen molar-refractivity contribution in [1.82, 2.24) is 15.6 Å². The van der Waals surface area contributed by atoms with Crippen molar-refractivity contribution < 1.29 is 9.13 Å². The molecule has 1 aliphatic heterocycles. The van der Waals surface area contributed by atoms with Gasteiger partial charge in [0.2, 0.25) is 0 Å². The largest absolute Gasteiger partial charge is 0.380 e. The number of benzene rings is 1. The van der Waals surface area contributed by atoms with E-state index in [9.17, 15) is 4.39 Å². The highest BCUT2D eigenvalue weighted by Gasteiger charge is 2.20. The summed E-state index contributed by atoms with van der Waals surface area (Å²) in [4.78, 5) is 11.2. The van der Waals surface area contributed by atoms with Gasteiger partial charge in [0.25, 0.3) is 0 Å². The molecule has 1 fully saturated rings. The number of pyridine rings is 1. The number of aromatic nitrogens is 1. The third-order valence-electron chi connectivity index (χ3n) is 5.15. The van der Waals surface area contributed by atoms with Crippen molar-refractivity contribution in [1.29, 1.82) is 0 Å². The molecule has 0 atom stereocenters. The number of halogens is 1. The molecular formula is C22H30FN5O. The normalized spacial score (nSPS) is 15.4. The third-order valence-corrected chi connectivity index (χ3v) is 5.15. The van der Waals surface area contributed by atoms with E-state index < -0.39 is 0 Å². The second-order valence-electron chi connectivity index (χ2n) is 7.38. The van der Waals surface area contributed by atoms with Gasteiger partial charge in [-0.2, -0.15) is 0 Å². The van der Waals surface area contributed by atoms with Crippen LogP contribution in [-0.4, -0.2) is 44.2 Å². The van der Waals surface area contributed by atoms with Crippen molar-refractivity contribution >= 4 is 11.8 Å². The van der Waals surface area contributed by atoms with Crippen LogP contribution < -0.4 is 15.5 Å². The summed E-state index contributed by atoms with van der Waals surface area (Å²) in [6, 6.07) is 9.64. The molecule has 0 bridgehead atoms. The average Bonchev–Trinajstić information content (AvgIpc) is 2.74. The Kier molecular flexibility index (Phi) is 7.41. The number of hydrogen-bond acceptors (Lipinski definition) is 4. The highest BCUT2D eigenvalue weighted by molar-refractivity contribution is 5.80. The Labute approximate surface area is 172 Å². The zero-order valence-electron chi connectivity index (χ0n) is 17.4. The number of rotatable bonds is 6. The Bertz CT molecular complexity index is 816. The minimum atomic E-state index is -0.243. The summed E-state index contributed by atoms with van der Waals surface area (Å²) in [5, 5.41) is 6.82. The van der Waals surface area contributed by atoms with Gasteiger partial charge in [-0.25, -0.2) is 9.37 Å². The number of hydrogen-bond donors (Lipinski definition) is 2. The summed E-state index contributed by atoms with van der Waals surface area (Å²) >= 11 is 0. The molecule has 0 aliphatic carbocycles. The molecular weight excluding hydrogens is 369 g/mol. The zero-order valence-corrected chi connectivity index (χ0v) is 17.4. The van der Waals surface area contributed by atoms with Crippen LogP contribution in [0.15, 0.2) is 41.5 Å². The van der Waals surface area contributed by atoms with Crippen LogP contribution in [0.5, 0.6) is 0 Å². The standard InChI is InChI=1S/C22H30FN5O/c1-16-4-7-21(25-13-16)28-10-8-19(9-11-28)27-22(24-2)26-14-17-5-6-20(23)18(12-17)15-29-3/h4-7,12-13,19H,8-11,14-15H2,1-3H3,(H2,24,26,27). The highest BCUT2D eigenvalue weighted by atomic mass is 19.1.